The van der Waals surface area contributed by atoms with E-state index in [-0.39, 0.29) is 0 Å². The van der Waals surface area contributed by atoms with Crippen molar-refractivity contribution >= 4 is 23.1 Å². The average molecular weight is 388 g/mol. The predicted octanol–water partition coefficient (Wildman–Crippen LogP) is 4.25. The van der Waals surface area contributed by atoms with Crippen molar-refractivity contribution in [2.24, 2.45) is 0 Å². The Morgan fingerprint density at radius 1 is 0.828 bits per heavy atom. The van der Waals surface area contributed by atoms with Crippen LogP contribution < -0.4 is 11.1 Å². The summed E-state index contributed by atoms with van der Waals surface area (Å²) in [5, 5.41) is 7.33. The van der Waals surface area contributed by atoms with Gasteiger partial charge < -0.3 is 11.1 Å². The van der Waals surface area contributed by atoms with Crippen molar-refractivity contribution in [3.8, 4) is 11.3 Å². The third-order valence-corrected chi connectivity index (χ3v) is 4.75. The number of aromatic nitrogens is 6. The third-order valence-electron chi connectivity index (χ3n) is 4.75. The lowest BCUT2D eigenvalue weighted by Gasteiger charge is -2.05. The summed E-state index contributed by atoms with van der Waals surface area (Å²) in [6, 6.07) is 7.25. The van der Waals surface area contributed by atoms with Crippen LogP contribution in [0.15, 0.2) is 55.2 Å². The predicted molar refractivity (Wildman–Crippen MR) is 114 cm³/mol. The molecular weight excluding hydrogens is 364 g/mol. The second-order valence-electron chi connectivity index (χ2n) is 6.96. The van der Waals surface area contributed by atoms with Gasteiger partial charge in [0, 0.05) is 24.2 Å². The van der Waals surface area contributed by atoms with E-state index in [9.17, 15) is 0 Å². The largest absolute Gasteiger partial charge is 0.382 e. The van der Waals surface area contributed by atoms with E-state index in [4.69, 9.17) is 5.73 Å². The van der Waals surface area contributed by atoms with E-state index in [0.29, 0.717) is 17.4 Å². The standard InChI is InChI=1S/C15H12N8.C6H12/c16-13-3-4-14-18-9-12(23(14)22-13)10-6-19-15(20-7-10)21-11-2-1-5-17-8-11;1-2-4-6-5-3-1/h1-9H,(H2,16,22)(H,19,20,21);1-6H2. The van der Waals surface area contributed by atoms with Crippen molar-refractivity contribution in [1.82, 2.24) is 29.5 Å². The number of imidazole rings is 1. The van der Waals surface area contributed by atoms with Crippen LogP contribution in [0.25, 0.3) is 16.9 Å². The van der Waals surface area contributed by atoms with E-state index in [1.54, 1.807) is 41.6 Å². The van der Waals surface area contributed by atoms with Crippen molar-refractivity contribution in [2.75, 3.05) is 11.1 Å². The van der Waals surface area contributed by atoms with Crippen LogP contribution in [0, 0.1) is 0 Å². The second-order valence-corrected chi connectivity index (χ2v) is 6.96. The SMILES string of the molecule is C1CCCCC1.Nc1ccc2ncc(-c3cnc(Nc4cccnc4)nc3)n2n1. The average Bonchev–Trinajstić information content (AvgIpc) is 3.20. The van der Waals surface area contributed by atoms with Crippen LogP contribution in [0.3, 0.4) is 0 Å². The summed E-state index contributed by atoms with van der Waals surface area (Å²) in [5.74, 6) is 0.913. The lowest BCUT2D eigenvalue weighted by atomic mass is 10.0. The fraction of sp³-hybridized carbons (Fsp3) is 0.286. The van der Waals surface area contributed by atoms with E-state index in [1.165, 1.54) is 38.5 Å². The monoisotopic (exact) mass is 388 g/mol. The van der Waals surface area contributed by atoms with Gasteiger partial charge in [-0.1, -0.05) is 38.5 Å². The molecule has 1 aliphatic rings. The van der Waals surface area contributed by atoms with Crippen molar-refractivity contribution in [3.63, 3.8) is 0 Å². The molecular formula is C21H24N8. The molecule has 3 N–H and O–H groups in total. The first-order valence-corrected chi connectivity index (χ1v) is 9.89. The number of nitrogens with zero attached hydrogens (tertiary/aromatic N) is 6. The van der Waals surface area contributed by atoms with E-state index < -0.39 is 0 Å². The van der Waals surface area contributed by atoms with Crippen LogP contribution in [0.2, 0.25) is 0 Å². The minimum absolute atomic E-state index is 0.424. The van der Waals surface area contributed by atoms with Gasteiger partial charge in [-0.2, -0.15) is 0 Å². The number of hydrogen-bond acceptors (Lipinski definition) is 7. The lowest BCUT2D eigenvalue weighted by molar-refractivity contribution is 0.504. The van der Waals surface area contributed by atoms with Crippen LogP contribution in [-0.2, 0) is 0 Å². The normalized spacial score (nSPS) is 13.5. The van der Waals surface area contributed by atoms with Crippen molar-refractivity contribution in [2.45, 2.75) is 38.5 Å². The molecule has 1 saturated carbocycles. The van der Waals surface area contributed by atoms with Gasteiger partial charge in [-0.25, -0.2) is 19.5 Å². The summed E-state index contributed by atoms with van der Waals surface area (Å²) in [4.78, 5) is 16.9. The second kappa shape index (κ2) is 9.09. The zero-order valence-electron chi connectivity index (χ0n) is 16.2. The number of nitrogens with one attached hydrogen (secondary N) is 1. The zero-order chi connectivity index (χ0) is 19.9. The number of hydrogen-bond donors (Lipinski definition) is 2. The summed E-state index contributed by atoms with van der Waals surface area (Å²) < 4.78 is 1.67. The summed E-state index contributed by atoms with van der Waals surface area (Å²) in [7, 11) is 0. The highest BCUT2D eigenvalue weighted by atomic mass is 15.3. The van der Waals surface area contributed by atoms with Gasteiger partial charge in [0.25, 0.3) is 0 Å². The minimum atomic E-state index is 0.424. The van der Waals surface area contributed by atoms with E-state index in [2.05, 4.69) is 30.4 Å². The van der Waals surface area contributed by atoms with Crippen LogP contribution in [-0.4, -0.2) is 29.5 Å². The number of pyridine rings is 1. The molecule has 148 valence electrons. The minimum Gasteiger partial charge on any atom is -0.382 e. The van der Waals surface area contributed by atoms with Gasteiger partial charge in [-0.15, -0.1) is 5.10 Å². The van der Waals surface area contributed by atoms with Crippen LogP contribution in [0.5, 0.6) is 0 Å². The maximum atomic E-state index is 5.73. The molecule has 0 unspecified atom stereocenters. The summed E-state index contributed by atoms with van der Waals surface area (Å²) in [5.41, 5.74) is 8.85. The molecule has 0 aliphatic heterocycles. The molecule has 0 bridgehead atoms. The fourth-order valence-corrected chi connectivity index (χ4v) is 3.24. The first-order chi connectivity index (χ1) is 14.3. The van der Waals surface area contributed by atoms with Crippen LogP contribution >= 0.6 is 0 Å². The molecule has 1 aliphatic carbocycles. The highest BCUT2D eigenvalue weighted by molar-refractivity contribution is 5.63. The molecule has 1 fully saturated rings. The topological polar surface area (TPSA) is 107 Å². The van der Waals surface area contributed by atoms with E-state index in [1.807, 2.05) is 18.2 Å². The molecule has 0 saturated heterocycles. The molecule has 0 amide bonds. The summed E-state index contributed by atoms with van der Waals surface area (Å²) in [6.07, 6.45) is 17.5. The first-order valence-electron chi connectivity index (χ1n) is 9.89. The molecule has 4 aromatic heterocycles. The van der Waals surface area contributed by atoms with Crippen molar-refractivity contribution < 1.29 is 0 Å². The Morgan fingerprint density at radius 3 is 2.21 bits per heavy atom. The Labute approximate surface area is 169 Å². The number of rotatable bonds is 3. The molecule has 0 aromatic carbocycles. The molecule has 4 heterocycles. The maximum Gasteiger partial charge on any atom is 0.227 e. The van der Waals surface area contributed by atoms with Gasteiger partial charge in [0.15, 0.2) is 5.65 Å². The molecule has 5 rings (SSSR count). The number of nitrogens with two attached hydrogens (primary N) is 1. The fourth-order valence-electron chi connectivity index (χ4n) is 3.24. The Hall–Kier alpha value is -3.55. The van der Waals surface area contributed by atoms with Gasteiger partial charge in [-0.3, -0.25) is 4.98 Å². The molecule has 8 nitrogen and oxygen atoms in total. The Balaban J connectivity index is 0.000000294. The molecule has 4 aromatic rings. The molecule has 0 atom stereocenters. The number of fused-ring (bicyclic) bond motifs is 1. The molecule has 29 heavy (non-hydrogen) atoms. The van der Waals surface area contributed by atoms with Crippen LogP contribution in [0.4, 0.5) is 17.5 Å². The maximum absolute atomic E-state index is 5.73. The number of anilines is 3. The Kier molecular flexibility index (Phi) is 5.89. The van der Waals surface area contributed by atoms with Crippen molar-refractivity contribution in [3.05, 3.63) is 55.2 Å². The lowest BCUT2D eigenvalue weighted by Crippen LogP contribution is -2.00. The first kappa shape index (κ1) is 18.8. The molecule has 0 spiro atoms. The Morgan fingerprint density at radius 2 is 1.55 bits per heavy atom. The van der Waals surface area contributed by atoms with Gasteiger partial charge in [-0.05, 0) is 24.3 Å². The van der Waals surface area contributed by atoms with Gasteiger partial charge >= 0.3 is 0 Å². The third kappa shape index (κ3) is 4.84. The highest BCUT2D eigenvalue weighted by Crippen LogP contribution is 2.20. The zero-order valence-corrected chi connectivity index (χ0v) is 16.2. The van der Waals surface area contributed by atoms with Gasteiger partial charge in [0.1, 0.15) is 5.82 Å². The molecule has 8 heteroatoms. The van der Waals surface area contributed by atoms with Crippen LogP contribution in [0.1, 0.15) is 38.5 Å². The highest BCUT2D eigenvalue weighted by Gasteiger charge is 2.09. The van der Waals surface area contributed by atoms with E-state index in [0.717, 1.165) is 16.9 Å². The van der Waals surface area contributed by atoms with Gasteiger partial charge in [0.05, 0.1) is 23.8 Å². The Bertz CT molecular complexity index is 1030. The van der Waals surface area contributed by atoms with E-state index >= 15 is 0 Å². The molecule has 0 radical (unpaired) electrons. The number of nitrogen functional groups attached to an aromatic ring is 1. The quantitative estimate of drug-likeness (QED) is 0.540. The smallest absolute Gasteiger partial charge is 0.227 e. The van der Waals surface area contributed by atoms with Gasteiger partial charge in [0.2, 0.25) is 5.95 Å². The van der Waals surface area contributed by atoms with Crippen molar-refractivity contribution in [1.29, 1.82) is 0 Å². The summed E-state index contributed by atoms with van der Waals surface area (Å²) >= 11 is 0. The summed E-state index contributed by atoms with van der Waals surface area (Å²) in [6.45, 7) is 0.